The molecule has 4 nitrogen and oxygen atoms in total. The molecule has 3 aromatic rings. The van der Waals surface area contributed by atoms with Crippen molar-refractivity contribution in [1.29, 1.82) is 0 Å². The lowest BCUT2D eigenvalue weighted by molar-refractivity contribution is 0.703. The monoisotopic (exact) mass is 270 g/mol. The third kappa shape index (κ3) is 2.66. The molecule has 3 aromatic heterocycles. The number of thiophene rings is 1. The smallest absolute Gasteiger partial charge is 0.123 e. The van der Waals surface area contributed by atoms with Crippen LogP contribution in [0.25, 0.3) is 11.3 Å². The minimum absolute atomic E-state index is 0.531. The van der Waals surface area contributed by atoms with E-state index in [4.69, 9.17) is 5.73 Å². The van der Waals surface area contributed by atoms with Gasteiger partial charge in [-0.3, -0.25) is 0 Å². The van der Waals surface area contributed by atoms with Crippen LogP contribution in [-0.2, 0) is 13.0 Å². The Kier molecular flexibility index (Phi) is 3.29. The van der Waals surface area contributed by atoms with Crippen LogP contribution < -0.4 is 5.73 Å². The lowest BCUT2D eigenvalue weighted by atomic mass is 10.2. The predicted octanol–water partition coefficient (Wildman–Crippen LogP) is 2.83. The Morgan fingerprint density at radius 3 is 3.05 bits per heavy atom. The van der Waals surface area contributed by atoms with Crippen LogP contribution in [-0.4, -0.2) is 14.5 Å². The molecule has 19 heavy (non-hydrogen) atoms. The fourth-order valence-corrected chi connectivity index (χ4v) is 2.73. The van der Waals surface area contributed by atoms with Crippen molar-refractivity contribution in [3.8, 4) is 11.3 Å². The van der Waals surface area contributed by atoms with E-state index >= 15 is 0 Å². The van der Waals surface area contributed by atoms with Gasteiger partial charge in [0, 0.05) is 18.3 Å². The Morgan fingerprint density at radius 1 is 1.32 bits per heavy atom. The Morgan fingerprint density at radius 2 is 2.26 bits per heavy atom. The number of imidazole rings is 1. The number of hydrogen-bond donors (Lipinski definition) is 1. The Hall–Kier alpha value is -2.14. The summed E-state index contributed by atoms with van der Waals surface area (Å²) in [5.41, 5.74) is 9.21. The summed E-state index contributed by atoms with van der Waals surface area (Å²) < 4.78 is 2.15. The zero-order chi connectivity index (χ0) is 13.1. The van der Waals surface area contributed by atoms with E-state index in [9.17, 15) is 0 Å². The Bertz CT molecular complexity index is 658. The summed E-state index contributed by atoms with van der Waals surface area (Å²) >= 11 is 1.73. The van der Waals surface area contributed by atoms with Crippen LogP contribution in [0.2, 0.25) is 0 Å². The maximum atomic E-state index is 5.73. The molecule has 0 aliphatic carbocycles. The summed E-state index contributed by atoms with van der Waals surface area (Å²) in [6.07, 6.45) is 6.45. The Balaban J connectivity index is 1.82. The molecular weight excluding hydrogens is 256 g/mol. The highest BCUT2D eigenvalue weighted by molar-refractivity contribution is 7.07. The van der Waals surface area contributed by atoms with Crippen molar-refractivity contribution >= 4 is 17.2 Å². The topological polar surface area (TPSA) is 56.7 Å². The maximum Gasteiger partial charge on any atom is 0.123 e. The molecule has 0 aliphatic rings. The first-order valence-electron chi connectivity index (χ1n) is 6.06. The van der Waals surface area contributed by atoms with Crippen molar-refractivity contribution in [2.75, 3.05) is 5.73 Å². The number of nitrogens with zero attached hydrogens (tertiary/aromatic N) is 3. The molecule has 2 N–H and O–H groups in total. The zero-order valence-electron chi connectivity index (χ0n) is 10.4. The zero-order valence-corrected chi connectivity index (χ0v) is 11.2. The standard InChI is InChI=1S/C14H14N4S/c15-14-7-12(1-4-17-14)13-8-16-10-18(13)5-2-11-3-6-19-9-11/h1,3-4,6-10H,2,5H2,(H2,15,17). The molecule has 0 atom stereocenters. The SMILES string of the molecule is Nc1cc(-c2cncn2CCc2ccsc2)ccn1. The molecule has 0 aromatic carbocycles. The van der Waals surface area contributed by atoms with Crippen LogP contribution in [0.3, 0.4) is 0 Å². The first kappa shape index (κ1) is 11.9. The minimum atomic E-state index is 0.531. The van der Waals surface area contributed by atoms with Crippen LogP contribution in [0.4, 0.5) is 5.82 Å². The van der Waals surface area contributed by atoms with E-state index in [0.717, 1.165) is 24.2 Å². The van der Waals surface area contributed by atoms with Crippen molar-refractivity contribution < 1.29 is 0 Å². The van der Waals surface area contributed by atoms with E-state index in [1.165, 1.54) is 5.56 Å². The summed E-state index contributed by atoms with van der Waals surface area (Å²) in [5, 5.41) is 4.29. The third-order valence-electron chi connectivity index (χ3n) is 3.01. The molecule has 0 fully saturated rings. The van der Waals surface area contributed by atoms with Gasteiger partial charge in [-0.15, -0.1) is 0 Å². The van der Waals surface area contributed by atoms with Gasteiger partial charge in [-0.05, 0) is 40.9 Å². The second kappa shape index (κ2) is 5.24. The predicted molar refractivity (Wildman–Crippen MR) is 77.9 cm³/mol. The normalized spacial score (nSPS) is 10.7. The minimum Gasteiger partial charge on any atom is -0.384 e. The molecule has 0 aliphatic heterocycles. The highest BCUT2D eigenvalue weighted by atomic mass is 32.1. The average molecular weight is 270 g/mol. The molecule has 0 amide bonds. The van der Waals surface area contributed by atoms with E-state index in [-0.39, 0.29) is 0 Å². The molecule has 96 valence electrons. The molecular formula is C14H14N4S. The number of aryl methyl sites for hydroxylation is 2. The number of rotatable bonds is 4. The van der Waals surface area contributed by atoms with E-state index in [1.807, 2.05) is 24.7 Å². The van der Waals surface area contributed by atoms with Gasteiger partial charge in [0.2, 0.25) is 0 Å². The van der Waals surface area contributed by atoms with Crippen LogP contribution in [0.15, 0.2) is 47.7 Å². The fourth-order valence-electron chi connectivity index (χ4n) is 2.03. The van der Waals surface area contributed by atoms with Gasteiger partial charge < -0.3 is 10.3 Å². The molecule has 0 saturated carbocycles. The van der Waals surface area contributed by atoms with Crippen LogP contribution in [0.1, 0.15) is 5.56 Å². The van der Waals surface area contributed by atoms with Crippen molar-refractivity contribution in [2.24, 2.45) is 0 Å². The summed E-state index contributed by atoms with van der Waals surface area (Å²) in [6.45, 7) is 0.911. The molecule has 0 saturated heterocycles. The van der Waals surface area contributed by atoms with E-state index in [1.54, 1.807) is 17.5 Å². The number of aromatic nitrogens is 3. The summed E-state index contributed by atoms with van der Waals surface area (Å²) in [7, 11) is 0. The highest BCUT2D eigenvalue weighted by Gasteiger charge is 2.06. The molecule has 0 spiro atoms. The van der Waals surface area contributed by atoms with E-state index in [0.29, 0.717) is 5.82 Å². The van der Waals surface area contributed by atoms with Gasteiger partial charge in [0.05, 0.1) is 18.2 Å². The van der Waals surface area contributed by atoms with Gasteiger partial charge in [-0.25, -0.2) is 9.97 Å². The average Bonchev–Trinajstić information content (AvgIpc) is 3.08. The second-order valence-corrected chi connectivity index (χ2v) is 5.10. The highest BCUT2D eigenvalue weighted by Crippen LogP contribution is 2.20. The number of hydrogen-bond acceptors (Lipinski definition) is 4. The van der Waals surface area contributed by atoms with E-state index in [2.05, 4.69) is 31.4 Å². The van der Waals surface area contributed by atoms with Crippen molar-refractivity contribution in [1.82, 2.24) is 14.5 Å². The number of nitrogens with two attached hydrogens (primary N) is 1. The maximum absolute atomic E-state index is 5.73. The molecule has 0 radical (unpaired) electrons. The summed E-state index contributed by atoms with van der Waals surface area (Å²) in [6, 6.07) is 5.98. The van der Waals surface area contributed by atoms with Gasteiger partial charge >= 0.3 is 0 Å². The van der Waals surface area contributed by atoms with Gasteiger partial charge in [0.1, 0.15) is 5.82 Å². The lowest BCUT2D eigenvalue weighted by Crippen LogP contribution is -2.01. The van der Waals surface area contributed by atoms with Gasteiger partial charge in [-0.2, -0.15) is 11.3 Å². The van der Waals surface area contributed by atoms with Crippen molar-refractivity contribution in [3.63, 3.8) is 0 Å². The molecule has 5 heteroatoms. The van der Waals surface area contributed by atoms with Crippen molar-refractivity contribution in [3.05, 3.63) is 53.2 Å². The van der Waals surface area contributed by atoms with Crippen LogP contribution >= 0.6 is 11.3 Å². The number of anilines is 1. The molecule has 0 bridgehead atoms. The first-order valence-corrected chi connectivity index (χ1v) is 7.00. The summed E-state index contributed by atoms with van der Waals surface area (Å²) in [4.78, 5) is 8.25. The fraction of sp³-hybridized carbons (Fsp3) is 0.143. The van der Waals surface area contributed by atoms with Gasteiger partial charge in [-0.1, -0.05) is 0 Å². The molecule has 3 heterocycles. The third-order valence-corrected chi connectivity index (χ3v) is 3.74. The molecule has 0 unspecified atom stereocenters. The van der Waals surface area contributed by atoms with Crippen molar-refractivity contribution in [2.45, 2.75) is 13.0 Å². The van der Waals surface area contributed by atoms with E-state index < -0.39 is 0 Å². The number of nitrogen functional groups attached to an aromatic ring is 1. The second-order valence-electron chi connectivity index (χ2n) is 4.32. The van der Waals surface area contributed by atoms with Gasteiger partial charge in [0.15, 0.2) is 0 Å². The first-order chi connectivity index (χ1) is 9.33. The van der Waals surface area contributed by atoms with Crippen LogP contribution in [0.5, 0.6) is 0 Å². The van der Waals surface area contributed by atoms with Crippen LogP contribution in [0, 0.1) is 0 Å². The molecule has 3 rings (SSSR count). The Labute approximate surface area is 115 Å². The lowest BCUT2D eigenvalue weighted by Gasteiger charge is -2.08. The summed E-state index contributed by atoms with van der Waals surface area (Å²) in [5.74, 6) is 0.531. The quantitative estimate of drug-likeness (QED) is 0.793. The van der Waals surface area contributed by atoms with Gasteiger partial charge in [0.25, 0.3) is 0 Å². The number of pyridine rings is 1. The largest absolute Gasteiger partial charge is 0.384 e.